The number of aromatic nitrogens is 1. The van der Waals surface area contributed by atoms with Crippen molar-refractivity contribution in [3.05, 3.63) is 63.9 Å². The molecule has 108 valence electrons. The quantitative estimate of drug-likeness (QED) is 0.842. The summed E-state index contributed by atoms with van der Waals surface area (Å²) in [5, 5.41) is 3.22. The second kappa shape index (κ2) is 5.18. The largest absolute Gasteiger partial charge is 0.361 e. The van der Waals surface area contributed by atoms with Gasteiger partial charge in [0.2, 0.25) is 5.95 Å². The SMILES string of the molecule is C[C@@H]1N=CN[C@]1(c1ccc(F)nc1)c1ccc(F)c(Br)c1. The Bertz CT molecular complexity index is 703. The van der Waals surface area contributed by atoms with Gasteiger partial charge in [-0.05, 0) is 46.6 Å². The number of hydrogen-bond donors (Lipinski definition) is 1. The van der Waals surface area contributed by atoms with Crippen molar-refractivity contribution in [3.8, 4) is 0 Å². The van der Waals surface area contributed by atoms with Crippen LogP contribution in [-0.4, -0.2) is 17.4 Å². The number of aliphatic imine (C=N–C) groups is 1. The molecular weight excluding hydrogens is 340 g/mol. The molecular formula is C15H12BrF2N3. The van der Waals surface area contributed by atoms with Crippen LogP contribution in [-0.2, 0) is 5.54 Å². The molecule has 1 aromatic carbocycles. The van der Waals surface area contributed by atoms with Crippen LogP contribution in [0.25, 0.3) is 0 Å². The van der Waals surface area contributed by atoms with Crippen LogP contribution in [0.5, 0.6) is 0 Å². The standard InChI is InChI=1S/C15H12BrF2N3/c1-9-15(21-8-20-9,11-3-5-14(18)19-7-11)10-2-4-13(17)12(16)6-10/h2-9H,1H3,(H,20,21)/t9-,15-/m0/s1. The number of hydrogen-bond acceptors (Lipinski definition) is 3. The van der Waals surface area contributed by atoms with Crippen molar-refractivity contribution in [2.24, 2.45) is 4.99 Å². The monoisotopic (exact) mass is 351 g/mol. The molecule has 1 aliphatic heterocycles. The molecule has 0 saturated carbocycles. The lowest BCUT2D eigenvalue weighted by Gasteiger charge is -2.34. The van der Waals surface area contributed by atoms with Crippen LogP contribution < -0.4 is 5.32 Å². The summed E-state index contributed by atoms with van der Waals surface area (Å²) in [5.41, 5.74) is 0.915. The number of halogens is 3. The fourth-order valence-electron chi connectivity index (χ4n) is 2.65. The maximum atomic E-state index is 13.5. The Labute approximate surface area is 129 Å². The van der Waals surface area contributed by atoms with Gasteiger partial charge in [-0.1, -0.05) is 12.1 Å². The molecule has 3 nitrogen and oxygen atoms in total. The van der Waals surface area contributed by atoms with Gasteiger partial charge in [0.25, 0.3) is 0 Å². The molecule has 21 heavy (non-hydrogen) atoms. The molecule has 2 heterocycles. The highest BCUT2D eigenvalue weighted by Gasteiger charge is 2.42. The van der Waals surface area contributed by atoms with Gasteiger partial charge in [-0.3, -0.25) is 4.99 Å². The van der Waals surface area contributed by atoms with E-state index in [1.54, 1.807) is 24.5 Å². The summed E-state index contributed by atoms with van der Waals surface area (Å²) in [4.78, 5) is 8.07. The summed E-state index contributed by atoms with van der Waals surface area (Å²) < 4.78 is 27.0. The summed E-state index contributed by atoms with van der Waals surface area (Å²) in [5.74, 6) is -0.876. The van der Waals surface area contributed by atoms with Gasteiger partial charge in [-0.15, -0.1) is 0 Å². The maximum absolute atomic E-state index is 13.5. The van der Waals surface area contributed by atoms with Crippen LogP contribution >= 0.6 is 15.9 Å². The molecule has 3 rings (SSSR count). The Morgan fingerprint density at radius 2 is 1.95 bits per heavy atom. The molecule has 0 unspecified atom stereocenters. The molecule has 0 spiro atoms. The number of rotatable bonds is 2. The highest BCUT2D eigenvalue weighted by molar-refractivity contribution is 9.10. The van der Waals surface area contributed by atoms with Gasteiger partial charge < -0.3 is 5.32 Å². The van der Waals surface area contributed by atoms with E-state index < -0.39 is 11.5 Å². The van der Waals surface area contributed by atoms with Crippen molar-refractivity contribution in [1.82, 2.24) is 10.3 Å². The van der Waals surface area contributed by atoms with E-state index in [-0.39, 0.29) is 11.9 Å². The molecule has 1 N–H and O–H groups in total. The van der Waals surface area contributed by atoms with E-state index in [9.17, 15) is 8.78 Å². The summed E-state index contributed by atoms with van der Waals surface area (Å²) in [6, 6.07) is 7.63. The van der Waals surface area contributed by atoms with Gasteiger partial charge in [-0.2, -0.15) is 4.39 Å². The van der Waals surface area contributed by atoms with Gasteiger partial charge in [0.1, 0.15) is 11.4 Å². The minimum atomic E-state index is -0.684. The first kappa shape index (κ1) is 14.1. The van der Waals surface area contributed by atoms with Crippen molar-refractivity contribution in [3.63, 3.8) is 0 Å². The summed E-state index contributed by atoms with van der Waals surface area (Å²) in [6.45, 7) is 1.94. The van der Waals surface area contributed by atoms with Crippen molar-refractivity contribution in [2.75, 3.05) is 0 Å². The van der Waals surface area contributed by atoms with Crippen molar-refractivity contribution in [1.29, 1.82) is 0 Å². The number of benzene rings is 1. The minimum absolute atomic E-state index is 0.137. The fourth-order valence-corrected chi connectivity index (χ4v) is 3.03. The van der Waals surface area contributed by atoms with Gasteiger partial charge in [0, 0.05) is 11.8 Å². The van der Waals surface area contributed by atoms with E-state index >= 15 is 0 Å². The summed E-state index contributed by atoms with van der Waals surface area (Å²) >= 11 is 3.20. The first-order chi connectivity index (χ1) is 10.0. The lowest BCUT2D eigenvalue weighted by atomic mass is 9.79. The number of pyridine rings is 1. The molecule has 0 fully saturated rings. The molecule has 2 atom stereocenters. The summed E-state index contributed by atoms with van der Waals surface area (Å²) in [6.07, 6.45) is 3.09. The molecule has 6 heteroatoms. The van der Waals surface area contributed by atoms with Crippen molar-refractivity contribution >= 4 is 22.3 Å². The van der Waals surface area contributed by atoms with Crippen LogP contribution in [0, 0.1) is 11.8 Å². The topological polar surface area (TPSA) is 37.3 Å². The molecule has 1 aliphatic rings. The summed E-state index contributed by atoms with van der Waals surface area (Å²) in [7, 11) is 0. The first-order valence-corrected chi connectivity index (χ1v) is 7.20. The smallest absolute Gasteiger partial charge is 0.212 e. The van der Waals surface area contributed by atoms with Crippen molar-refractivity contribution < 1.29 is 8.78 Å². The lowest BCUT2D eigenvalue weighted by molar-refractivity contribution is 0.431. The van der Waals surface area contributed by atoms with Crippen LogP contribution in [0.4, 0.5) is 8.78 Å². The molecule has 0 bridgehead atoms. The third-order valence-corrected chi connectivity index (χ3v) is 4.38. The zero-order chi connectivity index (χ0) is 15.0. The molecule has 2 aromatic rings. The average Bonchev–Trinajstić information content (AvgIpc) is 2.85. The normalized spacial score (nSPS) is 24.1. The van der Waals surface area contributed by atoms with E-state index in [1.165, 1.54) is 18.3 Å². The fraction of sp³-hybridized carbons (Fsp3) is 0.200. The van der Waals surface area contributed by atoms with Crippen LogP contribution in [0.1, 0.15) is 18.1 Å². The Morgan fingerprint density at radius 3 is 2.52 bits per heavy atom. The second-order valence-corrected chi connectivity index (χ2v) is 5.76. The first-order valence-electron chi connectivity index (χ1n) is 6.41. The Hall–Kier alpha value is -1.82. The lowest BCUT2D eigenvalue weighted by Crippen LogP contribution is -2.45. The highest BCUT2D eigenvalue weighted by atomic mass is 79.9. The van der Waals surface area contributed by atoms with Crippen LogP contribution in [0.2, 0.25) is 0 Å². The average molecular weight is 352 g/mol. The van der Waals surface area contributed by atoms with Gasteiger partial charge in [-0.25, -0.2) is 9.37 Å². The van der Waals surface area contributed by atoms with Crippen molar-refractivity contribution in [2.45, 2.75) is 18.5 Å². The van der Waals surface area contributed by atoms with Gasteiger partial charge >= 0.3 is 0 Å². The molecule has 1 aromatic heterocycles. The molecule has 0 radical (unpaired) electrons. The Kier molecular flexibility index (Phi) is 3.49. The number of nitrogens with zero attached hydrogens (tertiary/aromatic N) is 2. The third-order valence-electron chi connectivity index (χ3n) is 3.77. The molecule has 0 amide bonds. The third kappa shape index (κ3) is 2.23. The van der Waals surface area contributed by atoms with Gasteiger partial charge in [0.05, 0.1) is 16.9 Å². The maximum Gasteiger partial charge on any atom is 0.212 e. The van der Waals surface area contributed by atoms with E-state index in [0.717, 1.165) is 11.1 Å². The van der Waals surface area contributed by atoms with Gasteiger partial charge in [0.15, 0.2) is 0 Å². The minimum Gasteiger partial charge on any atom is -0.361 e. The van der Waals surface area contributed by atoms with Crippen LogP contribution in [0.15, 0.2) is 46.0 Å². The molecule has 0 aliphatic carbocycles. The number of nitrogens with one attached hydrogen (secondary N) is 1. The Balaban J connectivity index is 2.18. The highest BCUT2D eigenvalue weighted by Crippen LogP contribution is 2.37. The van der Waals surface area contributed by atoms with E-state index in [0.29, 0.717) is 4.47 Å². The second-order valence-electron chi connectivity index (χ2n) is 4.90. The zero-order valence-electron chi connectivity index (χ0n) is 11.1. The zero-order valence-corrected chi connectivity index (χ0v) is 12.7. The van der Waals surface area contributed by atoms with Crippen LogP contribution in [0.3, 0.4) is 0 Å². The van der Waals surface area contributed by atoms with E-state index in [4.69, 9.17) is 0 Å². The Morgan fingerprint density at radius 1 is 1.19 bits per heavy atom. The van der Waals surface area contributed by atoms with E-state index in [2.05, 4.69) is 31.2 Å². The van der Waals surface area contributed by atoms with E-state index in [1.807, 2.05) is 6.92 Å². The predicted molar refractivity (Wildman–Crippen MR) is 80.2 cm³/mol. The molecule has 0 saturated heterocycles. The predicted octanol–water partition coefficient (Wildman–Crippen LogP) is 3.39.